The van der Waals surface area contributed by atoms with E-state index in [0.29, 0.717) is 19.0 Å². The van der Waals surface area contributed by atoms with Gasteiger partial charge in [-0.2, -0.15) is 24.5 Å². The number of aliphatic imine (C=N–C) groups is 1. The van der Waals surface area contributed by atoms with Crippen molar-refractivity contribution in [1.82, 2.24) is 16.0 Å². The van der Waals surface area contributed by atoms with E-state index < -0.39 is 23.2 Å². The predicted molar refractivity (Wildman–Crippen MR) is 112 cm³/mol. The summed E-state index contributed by atoms with van der Waals surface area (Å²) in [6.07, 6.45) is -4.44. The lowest BCUT2D eigenvalue weighted by Crippen LogP contribution is -2.42. The van der Waals surface area contributed by atoms with Crippen LogP contribution in [0.5, 0.6) is 0 Å². The molecule has 6 nitrogen and oxygen atoms in total. The van der Waals surface area contributed by atoms with Crippen LogP contribution in [0.25, 0.3) is 0 Å². The van der Waals surface area contributed by atoms with Crippen molar-refractivity contribution in [1.29, 1.82) is 0 Å². The van der Waals surface area contributed by atoms with Crippen molar-refractivity contribution in [3.8, 4) is 0 Å². The Morgan fingerprint density at radius 3 is 2.30 bits per heavy atom. The molecule has 0 fully saturated rings. The Hall–Kier alpha value is -2.59. The molecule has 2 rings (SSSR count). The van der Waals surface area contributed by atoms with Crippen LogP contribution < -0.4 is 16.0 Å². The molecule has 10 heteroatoms. The SMILES string of the molecule is CCNC(=NCC(C)(O)c1ccsc1)NCCNC(=O)c1ccc(C(F)(F)F)cc1. The lowest BCUT2D eigenvalue weighted by Gasteiger charge is -2.21. The van der Waals surface area contributed by atoms with E-state index >= 15 is 0 Å². The quantitative estimate of drug-likeness (QED) is 0.288. The van der Waals surface area contributed by atoms with Crippen molar-refractivity contribution in [3.63, 3.8) is 0 Å². The number of halogens is 3. The van der Waals surface area contributed by atoms with E-state index in [1.165, 1.54) is 11.3 Å². The number of guanidine groups is 1. The summed E-state index contributed by atoms with van der Waals surface area (Å²) in [5.41, 5.74) is -0.962. The molecule has 1 heterocycles. The Balaban J connectivity index is 1.83. The monoisotopic (exact) mass is 442 g/mol. The fourth-order valence-electron chi connectivity index (χ4n) is 2.51. The van der Waals surface area contributed by atoms with Crippen molar-refractivity contribution in [2.75, 3.05) is 26.2 Å². The molecule has 0 spiro atoms. The van der Waals surface area contributed by atoms with Crippen LogP contribution >= 0.6 is 11.3 Å². The molecule has 0 bridgehead atoms. The molecule has 0 aliphatic heterocycles. The van der Waals surface area contributed by atoms with Crippen LogP contribution in [-0.4, -0.2) is 43.2 Å². The topological polar surface area (TPSA) is 85.8 Å². The van der Waals surface area contributed by atoms with Gasteiger partial charge in [-0.1, -0.05) is 0 Å². The number of hydrogen-bond acceptors (Lipinski definition) is 4. The standard InChI is InChI=1S/C20H25F3N4O2S/c1-3-24-18(27-13-19(2,29)16-8-11-30-12-16)26-10-9-25-17(28)14-4-6-15(7-5-14)20(21,22)23/h4-8,11-12,29H,3,9-10,13H2,1-2H3,(H,25,28)(H2,24,26,27). The highest BCUT2D eigenvalue weighted by atomic mass is 32.1. The average molecular weight is 443 g/mol. The van der Waals surface area contributed by atoms with Gasteiger partial charge in [0.2, 0.25) is 0 Å². The zero-order valence-electron chi connectivity index (χ0n) is 16.7. The van der Waals surface area contributed by atoms with Gasteiger partial charge in [0.05, 0.1) is 12.1 Å². The number of thiophene rings is 1. The van der Waals surface area contributed by atoms with Crippen molar-refractivity contribution < 1.29 is 23.1 Å². The molecule has 0 saturated heterocycles. The minimum atomic E-state index is -4.44. The highest BCUT2D eigenvalue weighted by Crippen LogP contribution is 2.29. The van der Waals surface area contributed by atoms with Gasteiger partial charge < -0.3 is 21.1 Å². The molecule has 4 N–H and O–H groups in total. The molecular formula is C20H25F3N4O2S. The molecule has 0 aliphatic rings. The number of alkyl halides is 3. The molecule has 1 amide bonds. The van der Waals surface area contributed by atoms with Crippen molar-refractivity contribution in [2.45, 2.75) is 25.6 Å². The summed E-state index contributed by atoms with van der Waals surface area (Å²) < 4.78 is 37.7. The third kappa shape index (κ3) is 7.03. The van der Waals surface area contributed by atoms with E-state index in [9.17, 15) is 23.1 Å². The third-order valence-electron chi connectivity index (χ3n) is 4.21. The van der Waals surface area contributed by atoms with Gasteiger partial charge in [0.1, 0.15) is 5.60 Å². The lowest BCUT2D eigenvalue weighted by molar-refractivity contribution is -0.137. The number of hydrogen-bond donors (Lipinski definition) is 4. The van der Waals surface area contributed by atoms with Gasteiger partial charge in [-0.05, 0) is 60.5 Å². The van der Waals surface area contributed by atoms with Crippen molar-refractivity contribution in [2.24, 2.45) is 4.99 Å². The molecule has 30 heavy (non-hydrogen) atoms. The maximum absolute atomic E-state index is 12.6. The second-order valence-corrected chi connectivity index (χ2v) is 7.52. The normalized spacial score (nSPS) is 14.1. The van der Waals surface area contributed by atoms with Crippen molar-refractivity contribution >= 4 is 23.2 Å². The number of carbonyl (C=O) groups excluding carboxylic acids is 1. The Kier molecular flexibility index (Phi) is 8.24. The number of nitrogens with zero attached hydrogens (tertiary/aromatic N) is 1. The van der Waals surface area contributed by atoms with Gasteiger partial charge in [-0.25, -0.2) is 4.99 Å². The summed E-state index contributed by atoms with van der Waals surface area (Å²) in [4.78, 5) is 16.4. The molecule has 0 radical (unpaired) electrons. The minimum absolute atomic E-state index is 0.149. The van der Waals surface area contributed by atoms with Gasteiger partial charge in [0.25, 0.3) is 5.91 Å². The first-order valence-electron chi connectivity index (χ1n) is 9.36. The lowest BCUT2D eigenvalue weighted by atomic mass is 10.00. The Bertz CT molecular complexity index is 835. The average Bonchev–Trinajstić information content (AvgIpc) is 3.24. The first kappa shape index (κ1) is 23.7. The van der Waals surface area contributed by atoms with Crippen LogP contribution in [0.4, 0.5) is 13.2 Å². The van der Waals surface area contributed by atoms with E-state index in [1.807, 2.05) is 23.8 Å². The molecule has 2 aromatic rings. The maximum atomic E-state index is 12.6. The first-order chi connectivity index (χ1) is 14.1. The Morgan fingerprint density at radius 2 is 1.73 bits per heavy atom. The molecule has 1 aromatic carbocycles. The summed E-state index contributed by atoms with van der Waals surface area (Å²) in [5.74, 6) is 0.0182. The van der Waals surface area contributed by atoms with Gasteiger partial charge in [-0.15, -0.1) is 0 Å². The molecular weight excluding hydrogens is 417 g/mol. The number of aliphatic hydroxyl groups is 1. The summed E-state index contributed by atoms with van der Waals surface area (Å²) >= 11 is 1.49. The largest absolute Gasteiger partial charge is 0.416 e. The third-order valence-corrected chi connectivity index (χ3v) is 4.89. The van der Waals surface area contributed by atoms with E-state index in [2.05, 4.69) is 20.9 Å². The highest BCUT2D eigenvalue weighted by Gasteiger charge is 2.30. The minimum Gasteiger partial charge on any atom is -0.383 e. The fraction of sp³-hybridized carbons (Fsp3) is 0.400. The number of benzene rings is 1. The molecule has 1 aromatic heterocycles. The molecule has 0 saturated carbocycles. The number of carbonyl (C=O) groups is 1. The molecule has 164 valence electrons. The van der Waals surface area contributed by atoms with E-state index in [1.54, 1.807) is 6.92 Å². The smallest absolute Gasteiger partial charge is 0.383 e. The second-order valence-electron chi connectivity index (χ2n) is 6.74. The van der Waals surface area contributed by atoms with Crippen LogP contribution in [0.3, 0.4) is 0 Å². The fourth-order valence-corrected chi connectivity index (χ4v) is 3.29. The van der Waals surface area contributed by atoms with Gasteiger partial charge >= 0.3 is 6.18 Å². The number of nitrogens with one attached hydrogen (secondary N) is 3. The van der Waals surface area contributed by atoms with Crippen molar-refractivity contribution in [3.05, 3.63) is 57.8 Å². The van der Waals surface area contributed by atoms with Crippen LogP contribution in [-0.2, 0) is 11.8 Å². The Morgan fingerprint density at radius 1 is 1.07 bits per heavy atom. The molecule has 0 aliphatic carbocycles. The van der Waals surface area contributed by atoms with Gasteiger partial charge in [0, 0.05) is 25.2 Å². The van der Waals surface area contributed by atoms with Crippen LogP contribution in [0, 0.1) is 0 Å². The second kappa shape index (κ2) is 10.4. The molecule has 1 atom stereocenters. The highest BCUT2D eigenvalue weighted by molar-refractivity contribution is 7.08. The van der Waals surface area contributed by atoms with E-state index in [4.69, 9.17) is 0 Å². The summed E-state index contributed by atoms with van der Waals surface area (Å²) in [6.45, 7) is 4.94. The summed E-state index contributed by atoms with van der Waals surface area (Å²) in [5, 5.41) is 23.0. The Labute approximate surface area is 177 Å². The van der Waals surface area contributed by atoms with E-state index in [-0.39, 0.29) is 18.7 Å². The number of rotatable bonds is 8. The van der Waals surface area contributed by atoms with Crippen LogP contribution in [0.2, 0.25) is 0 Å². The summed E-state index contributed by atoms with van der Waals surface area (Å²) in [6, 6.07) is 5.88. The van der Waals surface area contributed by atoms with Crippen LogP contribution in [0.15, 0.2) is 46.1 Å². The van der Waals surface area contributed by atoms with Gasteiger partial charge in [-0.3, -0.25) is 4.79 Å². The van der Waals surface area contributed by atoms with Gasteiger partial charge in [0.15, 0.2) is 5.96 Å². The first-order valence-corrected chi connectivity index (χ1v) is 10.3. The van der Waals surface area contributed by atoms with E-state index in [0.717, 1.165) is 29.8 Å². The molecule has 1 unspecified atom stereocenters. The zero-order valence-corrected chi connectivity index (χ0v) is 17.5. The number of amides is 1. The maximum Gasteiger partial charge on any atom is 0.416 e. The van der Waals surface area contributed by atoms with Crippen LogP contribution in [0.1, 0.15) is 35.3 Å². The zero-order chi connectivity index (χ0) is 22.2. The predicted octanol–water partition coefficient (Wildman–Crippen LogP) is 2.96. The summed E-state index contributed by atoms with van der Waals surface area (Å²) in [7, 11) is 0.